The standard InChI is InChI=1S/2C46H28N2O.C42H26N2O/c1-2-13-29(14-3-1)47-40-22-9-6-17-33(40)38-28-44-39(27-43(38)47)34-18-7-10-23-41(34)48(44)42-26-25-31(30-15-4-5-16-32(30)42)36-20-12-21-37-35-19-8-11-24-45(35)49-46(36)37;1-2-12-31(13-3-1)48-43-27-39-35-15-6-8-19-41(35)47(42(39)28-40(43)37-26-23-29-11-4-5-14-33(29)45(37)48)32-24-21-30(22-25-32)34-17-10-18-38-36-16-7-9-20-44(36)49-46(34)38;1-2-11-28(12-3-1)43-36-17-7-4-13-31(36)34-26-39-35(25-38(34)43)32-14-5-8-18-37(32)44(39)29-23-21-27(22-24-29)30-16-10-20-41-42(30)33-15-6-9-19-40(33)45-41/h2*1-28H;1-26H. The summed E-state index contributed by atoms with van der Waals surface area (Å²) in [6.45, 7) is 0. The zero-order chi connectivity index (χ0) is 93.6. The van der Waals surface area contributed by atoms with Gasteiger partial charge in [0, 0.05) is 147 Å². The van der Waals surface area contributed by atoms with Crippen LogP contribution in [0.25, 0.3) is 286 Å². The first kappa shape index (κ1) is 79.9. The van der Waals surface area contributed by atoms with E-state index in [0.29, 0.717) is 0 Å². The molecule has 32 rings (SSSR count). The fourth-order valence-corrected chi connectivity index (χ4v) is 23.7. The fourth-order valence-electron chi connectivity index (χ4n) is 23.7. The lowest BCUT2D eigenvalue weighted by Gasteiger charge is -2.15. The minimum atomic E-state index is 0.913. The number of nitrogens with zero attached hydrogens (tertiary/aromatic N) is 6. The summed E-state index contributed by atoms with van der Waals surface area (Å²) in [7, 11) is 0. The van der Waals surface area contributed by atoms with Gasteiger partial charge in [0.05, 0.1) is 71.9 Å². The van der Waals surface area contributed by atoms with E-state index in [1.807, 2.05) is 30.3 Å². The maximum absolute atomic E-state index is 6.51. The van der Waals surface area contributed by atoms with Gasteiger partial charge in [-0.15, -0.1) is 0 Å². The lowest BCUT2D eigenvalue weighted by atomic mass is 9.95. The van der Waals surface area contributed by atoms with E-state index in [0.717, 1.165) is 117 Å². The third-order valence-electron chi connectivity index (χ3n) is 29.9. The number of aromatic nitrogens is 6. The Labute approximate surface area is 818 Å². The molecule has 0 fully saturated rings. The van der Waals surface area contributed by atoms with Crippen molar-refractivity contribution >= 4 is 218 Å². The van der Waals surface area contributed by atoms with Crippen molar-refractivity contribution < 1.29 is 13.3 Å². The Morgan fingerprint density at radius 3 is 0.930 bits per heavy atom. The first-order chi connectivity index (χ1) is 71.0. The molecule has 9 heterocycles. The van der Waals surface area contributed by atoms with E-state index in [1.54, 1.807) is 0 Å². The van der Waals surface area contributed by atoms with E-state index in [2.05, 4.69) is 495 Å². The average molecular weight is 1820 g/mol. The lowest BCUT2D eigenvalue weighted by molar-refractivity contribution is 0.669. The van der Waals surface area contributed by atoms with E-state index in [-0.39, 0.29) is 0 Å². The summed E-state index contributed by atoms with van der Waals surface area (Å²) in [6, 6.07) is 179. The molecular formula is C134H82N6O3. The van der Waals surface area contributed by atoms with Crippen LogP contribution >= 0.6 is 0 Å². The molecule has 0 bridgehead atoms. The van der Waals surface area contributed by atoms with Gasteiger partial charge in [-0.1, -0.05) is 340 Å². The quantitative estimate of drug-likeness (QED) is 0.145. The molecule has 666 valence electrons. The van der Waals surface area contributed by atoms with Gasteiger partial charge in [0.2, 0.25) is 0 Å². The average Bonchev–Trinajstić information content (AvgIpc) is 1.52. The van der Waals surface area contributed by atoms with E-state index in [9.17, 15) is 0 Å². The van der Waals surface area contributed by atoms with Crippen LogP contribution in [-0.4, -0.2) is 27.4 Å². The molecule has 0 saturated heterocycles. The number of rotatable bonds is 9. The Morgan fingerprint density at radius 2 is 0.455 bits per heavy atom. The smallest absolute Gasteiger partial charge is 0.143 e. The van der Waals surface area contributed by atoms with E-state index >= 15 is 0 Å². The Morgan fingerprint density at radius 1 is 0.140 bits per heavy atom. The van der Waals surface area contributed by atoms with Crippen LogP contribution in [0.2, 0.25) is 0 Å². The molecule has 143 heavy (non-hydrogen) atoms. The van der Waals surface area contributed by atoms with Gasteiger partial charge in [0.25, 0.3) is 0 Å². The molecule has 23 aromatic carbocycles. The molecule has 32 aromatic rings. The number of hydrogen-bond acceptors (Lipinski definition) is 3. The molecule has 0 aliphatic carbocycles. The molecule has 0 saturated carbocycles. The molecule has 0 aliphatic rings. The maximum Gasteiger partial charge on any atom is 0.143 e. The van der Waals surface area contributed by atoms with Crippen LogP contribution in [0.5, 0.6) is 0 Å². The van der Waals surface area contributed by atoms with Crippen molar-refractivity contribution in [3.8, 4) is 67.5 Å². The van der Waals surface area contributed by atoms with Crippen LogP contribution in [0.15, 0.2) is 511 Å². The van der Waals surface area contributed by atoms with Crippen LogP contribution in [0.4, 0.5) is 0 Å². The number of benzene rings is 23. The zero-order valence-corrected chi connectivity index (χ0v) is 77.3. The monoisotopic (exact) mass is 1820 g/mol. The number of fused-ring (bicyclic) bond motifs is 30. The van der Waals surface area contributed by atoms with Crippen LogP contribution in [-0.2, 0) is 0 Å². The Hall–Kier alpha value is -19.2. The number of furan rings is 3. The summed E-state index contributed by atoms with van der Waals surface area (Å²) < 4.78 is 33.6. The summed E-state index contributed by atoms with van der Waals surface area (Å²) in [6.07, 6.45) is 0. The predicted octanol–water partition coefficient (Wildman–Crippen LogP) is 36.6. The lowest BCUT2D eigenvalue weighted by Crippen LogP contribution is -1.97. The van der Waals surface area contributed by atoms with Crippen LogP contribution in [0, 0.1) is 0 Å². The maximum atomic E-state index is 6.51. The molecule has 0 N–H and O–H groups in total. The molecular weight excluding hydrogens is 1740 g/mol. The summed E-state index contributed by atoms with van der Waals surface area (Å²) in [5.74, 6) is 0. The van der Waals surface area contributed by atoms with Crippen molar-refractivity contribution in [2.24, 2.45) is 0 Å². The second-order valence-electron chi connectivity index (χ2n) is 37.6. The molecule has 0 amide bonds. The molecule has 0 aliphatic heterocycles. The Balaban J connectivity index is 0.000000100. The number of hydrogen-bond donors (Lipinski definition) is 0. The van der Waals surface area contributed by atoms with Crippen LogP contribution in [0.3, 0.4) is 0 Å². The molecule has 0 spiro atoms. The highest BCUT2D eigenvalue weighted by Crippen LogP contribution is 2.50. The van der Waals surface area contributed by atoms with Crippen molar-refractivity contribution in [2.75, 3.05) is 0 Å². The second kappa shape index (κ2) is 31.7. The molecule has 9 heteroatoms. The highest BCUT2D eigenvalue weighted by molar-refractivity contribution is 6.26. The van der Waals surface area contributed by atoms with Gasteiger partial charge in [0.1, 0.15) is 33.5 Å². The van der Waals surface area contributed by atoms with Crippen LogP contribution in [0.1, 0.15) is 0 Å². The summed E-state index contributed by atoms with van der Waals surface area (Å²) in [5.41, 5.74) is 33.8. The van der Waals surface area contributed by atoms with Crippen LogP contribution < -0.4 is 0 Å². The van der Waals surface area contributed by atoms with Gasteiger partial charge < -0.3 is 40.7 Å². The third-order valence-corrected chi connectivity index (χ3v) is 29.9. The van der Waals surface area contributed by atoms with Gasteiger partial charge in [-0.25, -0.2) is 0 Å². The SMILES string of the molecule is c1ccc(-n2c3cc4c5ccccc5n(-c5ccc(-c6cccc7c6oc6ccccc67)cc5)c4cc3c3ccc4ccccc4c32)cc1.c1ccc(-n2c3ccccc3c3cc4c(cc32)c2ccccc2n4-c2ccc(-c3cccc4c3oc3ccccc34)c3ccccc23)cc1.c1ccc(-n2c3ccccc3c3cc4c(cc32)c2ccccc2n4-c2ccc(-c3cccc4oc5ccccc5c34)cc2)cc1. The Bertz CT molecular complexity index is 10900. The molecule has 0 unspecified atom stereocenters. The normalized spacial score (nSPS) is 12.1. The molecule has 9 nitrogen and oxygen atoms in total. The van der Waals surface area contributed by atoms with Crippen molar-refractivity contribution in [3.05, 3.63) is 497 Å². The van der Waals surface area contributed by atoms with E-state index < -0.39 is 0 Å². The Kier molecular flexibility index (Phi) is 17.7. The minimum absolute atomic E-state index is 0.913. The summed E-state index contributed by atoms with van der Waals surface area (Å²) >= 11 is 0. The first-order valence-corrected chi connectivity index (χ1v) is 48.9. The largest absolute Gasteiger partial charge is 0.456 e. The minimum Gasteiger partial charge on any atom is -0.456 e. The van der Waals surface area contributed by atoms with E-state index in [1.165, 1.54) is 169 Å². The van der Waals surface area contributed by atoms with Gasteiger partial charge in [-0.2, -0.15) is 0 Å². The van der Waals surface area contributed by atoms with Gasteiger partial charge in [0.15, 0.2) is 0 Å². The topological polar surface area (TPSA) is 69.0 Å². The molecule has 0 radical (unpaired) electrons. The summed E-state index contributed by atoms with van der Waals surface area (Å²) in [5, 5.41) is 26.7. The fraction of sp³-hybridized carbons (Fsp3) is 0. The third kappa shape index (κ3) is 12.2. The zero-order valence-electron chi connectivity index (χ0n) is 77.3. The van der Waals surface area contributed by atoms with Crippen molar-refractivity contribution in [3.63, 3.8) is 0 Å². The highest BCUT2D eigenvalue weighted by atomic mass is 16.3. The van der Waals surface area contributed by atoms with Gasteiger partial charge in [-0.05, 0) is 191 Å². The highest BCUT2D eigenvalue weighted by Gasteiger charge is 2.27. The van der Waals surface area contributed by atoms with Gasteiger partial charge in [-0.3, -0.25) is 0 Å². The van der Waals surface area contributed by atoms with E-state index in [4.69, 9.17) is 13.3 Å². The van der Waals surface area contributed by atoms with Crippen molar-refractivity contribution in [1.82, 2.24) is 27.4 Å². The van der Waals surface area contributed by atoms with Crippen molar-refractivity contribution in [2.45, 2.75) is 0 Å². The predicted molar refractivity (Wildman–Crippen MR) is 599 cm³/mol. The second-order valence-corrected chi connectivity index (χ2v) is 37.6. The molecule has 0 atom stereocenters. The number of para-hydroxylation sites is 13. The first-order valence-electron chi connectivity index (χ1n) is 48.9. The van der Waals surface area contributed by atoms with Gasteiger partial charge >= 0.3 is 0 Å². The summed E-state index contributed by atoms with van der Waals surface area (Å²) in [4.78, 5) is 0. The molecule has 9 aromatic heterocycles. The van der Waals surface area contributed by atoms with Crippen molar-refractivity contribution in [1.29, 1.82) is 0 Å².